The van der Waals surface area contributed by atoms with E-state index in [1.807, 2.05) is 53.0 Å². The summed E-state index contributed by atoms with van der Waals surface area (Å²) in [5.41, 5.74) is 2.21. The first-order valence-electron chi connectivity index (χ1n) is 10.1. The van der Waals surface area contributed by atoms with E-state index in [9.17, 15) is 4.79 Å². The van der Waals surface area contributed by atoms with E-state index in [1.165, 1.54) is 0 Å². The molecule has 7 nitrogen and oxygen atoms in total. The number of rotatable bonds is 7. The van der Waals surface area contributed by atoms with Gasteiger partial charge in [0.15, 0.2) is 5.96 Å². The second kappa shape index (κ2) is 11.8. The number of carbonyl (C=O) groups is 1. The molecular formula is C21H31IN6O. The van der Waals surface area contributed by atoms with Crippen molar-refractivity contribution in [3.63, 3.8) is 0 Å². The third kappa shape index (κ3) is 6.73. The fraction of sp³-hybridized carbons (Fsp3) is 0.476. The van der Waals surface area contributed by atoms with Crippen LogP contribution in [-0.4, -0.2) is 58.8 Å². The molecule has 0 bridgehead atoms. The van der Waals surface area contributed by atoms with Crippen LogP contribution in [0, 0.1) is 0 Å². The third-order valence-electron chi connectivity index (χ3n) is 4.86. The summed E-state index contributed by atoms with van der Waals surface area (Å²) in [7, 11) is 0. The lowest BCUT2D eigenvalue weighted by Crippen LogP contribution is -2.45. The molecule has 2 aromatic rings. The van der Waals surface area contributed by atoms with Gasteiger partial charge in [-0.05, 0) is 37.5 Å². The molecule has 1 atom stereocenters. The number of para-hydroxylation sites is 1. The highest BCUT2D eigenvalue weighted by atomic mass is 127. The van der Waals surface area contributed by atoms with Gasteiger partial charge >= 0.3 is 0 Å². The molecule has 158 valence electrons. The fourth-order valence-electron chi connectivity index (χ4n) is 3.35. The first kappa shape index (κ1) is 23.2. The number of aliphatic imine (C=N–C) groups is 1. The molecule has 1 aromatic heterocycles. The number of hydrogen-bond acceptors (Lipinski definition) is 3. The van der Waals surface area contributed by atoms with Crippen LogP contribution >= 0.6 is 24.0 Å². The predicted molar refractivity (Wildman–Crippen MR) is 127 cm³/mol. The first-order chi connectivity index (χ1) is 13.7. The molecule has 3 rings (SSSR count). The normalized spacial score (nSPS) is 16.4. The summed E-state index contributed by atoms with van der Waals surface area (Å²) in [4.78, 5) is 18.5. The second-order valence-corrected chi connectivity index (χ2v) is 6.96. The van der Waals surface area contributed by atoms with Gasteiger partial charge in [0.25, 0.3) is 0 Å². The van der Waals surface area contributed by atoms with Gasteiger partial charge in [-0.1, -0.05) is 25.1 Å². The zero-order valence-electron chi connectivity index (χ0n) is 17.2. The van der Waals surface area contributed by atoms with Crippen LogP contribution in [0.3, 0.4) is 0 Å². The molecule has 1 unspecified atom stereocenters. The summed E-state index contributed by atoms with van der Waals surface area (Å²) in [6.07, 6.45) is 6.30. The molecule has 1 fully saturated rings. The minimum Gasteiger partial charge on any atom is -0.357 e. The Bertz CT molecular complexity index is 791. The van der Waals surface area contributed by atoms with Crippen molar-refractivity contribution in [3.8, 4) is 5.69 Å². The number of likely N-dealkylation sites (tertiary alicyclic amines) is 1. The van der Waals surface area contributed by atoms with Crippen LogP contribution in [0.25, 0.3) is 5.69 Å². The molecular weight excluding hydrogens is 479 g/mol. The molecule has 2 N–H and O–H groups in total. The molecule has 1 aromatic carbocycles. The number of halogens is 1. The molecule has 1 saturated heterocycles. The summed E-state index contributed by atoms with van der Waals surface area (Å²) in [6, 6.07) is 10.3. The van der Waals surface area contributed by atoms with Crippen molar-refractivity contribution in [1.82, 2.24) is 25.3 Å². The van der Waals surface area contributed by atoms with Crippen molar-refractivity contribution in [2.45, 2.75) is 39.2 Å². The lowest BCUT2D eigenvalue weighted by Gasteiger charge is -2.18. The number of nitrogens with zero attached hydrogens (tertiary/aromatic N) is 4. The van der Waals surface area contributed by atoms with E-state index in [2.05, 4.69) is 28.9 Å². The minimum atomic E-state index is 0. The summed E-state index contributed by atoms with van der Waals surface area (Å²) < 4.78 is 1.89. The van der Waals surface area contributed by atoms with Gasteiger partial charge in [-0.2, -0.15) is 5.10 Å². The van der Waals surface area contributed by atoms with Gasteiger partial charge in [0.1, 0.15) is 0 Å². The Morgan fingerprint density at radius 3 is 2.79 bits per heavy atom. The highest BCUT2D eigenvalue weighted by Gasteiger charge is 2.25. The first-order valence-corrected chi connectivity index (χ1v) is 10.1. The van der Waals surface area contributed by atoms with Crippen LogP contribution in [0.15, 0.2) is 47.7 Å². The Labute approximate surface area is 190 Å². The van der Waals surface area contributed by atoms with E-state index >= 15 is 0 Å². The monoisotopic (exact) mass is 510 g/mol. The number of carbonyl (C=O) groups excluding carboxylic acids is 1. The van der Waals surface area contributed by atoms with Gasteiger partial charge in [0, 0.05) is 44.8 Å². The molecule has 0 spiro atoms. The lowest BCUT2D eigenvalue weighted by atomic mass is 10.2. The Kier molecular flexibility index (Phi) is 9.43. The van der Waals surface area contributed by atoms with Crippen molar-refractivity contribution in [1.29, 1.82) is 0 Å². The van der Waals surface area contributed by atoms with E-state index < -0.39 is 0 Å². The predicted octanol–water partition coefficient (Wildman–Crippen LogP) is 2.60. The van der Waals surface area contributed by atoms with Crippen LogP contribution < -0.4 is 10.6 Å². The molecule has 1 aliphatic rings. The maximum absolute atomic E-state index is 11.8. The van der Waals surface area contributed by atoms with Crippen LogP contribution in [0.4, 0.5) is 0 Å². The quantitative estimate of drug-likeness (QED) is 0.341. The largest absolute Gasteiger partial charge is 0.357 e. The second-order valence-electron chi connectivity index (χ2n) is 6.96. The summed E-state index contributed by atoms with van der Waals surface area (Å²) in [5, 5.41) is 11.2. The average Bonchev–Trinajstić information content (AvgIpc) is 3.38. The number of guanidine groups is 1. The zero-order chi connectivity index (χ0) is 19.8. The van der Waals surface area contributed by atoms with Crippen LogP contribution in [-0.2, 0) is 11.2 Å². The Balaban J connectivity index is 0.00000300. The topological polar surface area (TPSA) is 74.6 Å². The highest BCUT2D eigenvalue weighted by molar-refractivity contribution is 14.0. The summed E-state index contributed by atoms with van der Waals surface area (Å²) in [5.74, 6) is 1.04. The van der Waals surface area contributed by atoms with Gasteiger partial charge in [-0.3, -0.25) is 9.79 Å². The van der Waals surface area contributed by atoms with Crippen LogP contribution in [0.2, 0.25) is 0 Å². The number of benzene rings is 1. The van der Waals surface area contributed by atoms with Crippen molar-refractivity contribution in [2.24, 2.45) is 4.99 Å². The third-order valence-corrected chi connectivity index (χ3v) is 4.86. The van der Waals surface area contributed by atoms with Gasteiger partial charge in [-0.15, -0.1) is 24.0 Å². The molecule has 0 aliphatic carbocycles. The number of nitrogens with one attached hydrogen (secondary N) is 2. The molecule has 2 heterocycles. The van der Waals surface area contributed by atoms with Crippen molar-refractivity contribution >= 4 is 35.8 Å². The maximum Gasteiger partial charge on any atom is 0.222 e. The number of amides is 1. The number of aromatic nitrogens is 2. The molecule has 0 radical (unpaired) electrons. The lowest BCUT2D eigenvalue weighted by molar-refractivity contribution is -0.129. The fourth-order valence-corrected chi connectivity index (χ4v) is 3.35. The molecule has 1 amide bonds. The zero-order valence-corrected chi connectivity index (χ0v) is 19.5. The van der Waals surface area contributed by atoms with Gasteiger partial charge in [0.05, 0.1) is 11.9 Å². The van der Waals surface area contributed by atoms with Crippen molar-refractivity contribution in [3.05, 3.63) is 48.3 Å². The van der Waals surface area contributed by atoms with Crippen LogP contribution in [0.5, 0.6) is 0 Å². The van der Waals surface area contributed by atoms with Crippen molar-refractivity contribution < 1.29 is 4.79 Å². The SMILES string of the molecule is CCNC(=NCCc1cnn(-c2ccccc2)c1)NC1CCN(C(=O)CC)C1.I. The van der Waals surface area contributed by atoms with Crippen molar-refractivity contribution in [2.75, 3.05) is 26.2 Å². The average molecular weight is 510 g/mol. The Morgan fingerprint density at radius 1 is 1.28 bits per heavy atom. The standard InChI is InChI=1S/C21H30N6O.HI/c1-3-20(28)26-13-11-18(16-26)25-21(22-4-2)23-12-10-17-14-24-27(15-17)19-8-6-5-7-9-19;/h5-9,14-15,18H,3-4,10-13,16H2,1-2H3,(H2,22,23,25);1H. The van der Waals surface area contributed by atoms with Gasteiger partial charge < -0.3 is 15.5 Å². The van der Waals surface area contributed by atoms with E-state index in [4.69, 9.17) is 4.99 Å². The smallest absolute Gasteiger partial charge is 0.222 e. The van der Waals surface area contributed by atoms with Gasteiger partial charge in [0.2, 0.25) is 5.91 Å². The highest BCUT2D eigenvalue weighted by Crippen LogP contribution is 2.11. The van der Waals surface area contributed by atoms with Gasteiger partial charge in [-0.25, -0.2) is 4.68 Å². The van der Waals surface area contributed by atoms with E-state index in [1.54, 1.807) is 0 Å². The Hall–Kier alpha value is -2.10. The molecule has 0 saturated carbocycles. The van der Waals surface area contributed by atoms with E-state index in [0.717, 1.165) is 49.7 Å². The Morgan fingerprint density at radius 2 is 2.07 bits per heavy atom. The van der Waals surface area contributed by atoms with E-state index in [-0.39, 0.29) is 35.9 Å². The molecule has 8 heteroatoms. The minimum absolute atomic E-state index is 0. The van der Waals surface area contributed by atoms with Crippen LogP contribution in [0.1, 0.15) is 32.3 Å². The summed E-state index contributed by atoms with van der Waals surface area (Å²) >= 11 is 0. The molecule has 29 heavy (non-hydrogen) atoms. The summed E-state index contributed by atoms with van der Waals surface area (Å²) in [6.45, 7) is 7.03. The molecule has 1 aliphatic heterocycles. The number of hydrogen-bond donors (Lipinski definition) is 2. The van der Waals surface area contributed by atoms with E-state index in [0.29, 0.717) is 13.0 Å². The maximum atomic E-state index is 11.8.